The Labute approximate surface area is 210 Å². The third kappa shape index (κ3) is 4.36. The summed E-state index contributed by atoms with van der Waals surface area (Å²) in [6, 6.07) is 36.1. The van der Waals surface area contributed by atoms with E-state index >= 15 is 0 Å². The molecule has 6 heteroatoms. The maximum atomic E-state index is 9.73. The quantitative estimate of drug-likeness (QED) is 0.424. The second-order valence-electron chi connectivity index (χ2n) is 9.69. The number of benzene rings is 3. The number of rotatable bonds is 4. The number of nitriles is 2. The van der Waals surface area contributed by atoms with Crippen LogP contribution in [0.15, 0.2) is 107 Å². The van der Waals surface area contributed by atoms with Crippen molar-refractivity contribution in [2.75, 3.05) is 7.05 Å². The van der Waals surface area contributed by atoms with Gasteiger partial charge in [0.15, 0.2) is 0 Å². The van der Waals surface area contributed by atoms with Gasteiger partial charge in [0.05, 0.1) is 0 Å². The standard InChI is InChI=1S/C29H29GeN5/c1-29(2,3)26-27(33-28(35(4)34-26)22(20-31)21-32)30(23-14-8-5-9-15-23,24-16-10-6-11-17-24)25-18-12-7-13-19-25/h5-19,27,33H,1-4H3. The molecule has 0 bridgehead atoms. The predicted octanol–water partition coefficient (Wildman–Crippen LogP) is 3.26. The van der Waals surface area contributed by atoms with Crippen LogP contribution in [0.25, 0.3) is 0 Å². The molecule has 3 aromatic rings. The van der Waals surface area contributed by atoms with Crippen LogP contribution in [0.3, 0.4) is 0 Å². The summed E-state index contributed by atoms with van der Waals surface area (Å²) in [6.45, 7) is 6.52. The van der Waals surface area contributed by atoms with Gasteiger partial charge in [-0.25, -0.2) is 0 Å². The van der Waals surface area contributed by atoms with E-state index < -0.39 is 13.3 Å². The van der Waals surface area contributed by atoms with Crippen LogP contribution in [0, 0.1) is 28.1 Å². The van der Waals surface area contributed by atoms with Crippen molar-refractivity contribution in [2.45, 2.75) is 25.6 Å². The fourth-order valence-electron chi connectivity index (χ4n) is 4.93. The van der Waals surface area contributed by atoms with Crippen molar-refractivity contribution in [3.05, 3.63) is 102 Å². The number of allylic oxidation sites excluding steroid dienone is 1. The van der Waals surface area contributed by atoms with Gasteiger partial charge in [0.25, 0.3) is 0 Å². The number of hydrazone groups is 1. The van der Waals surface area contributed by atoms with Crippen molar-refractivity contribution in [2.24, 2.45) is 10.5 Å². The number of hydrogen-bond acceptors (Lipinski definition) is 5. The Bertz CT molecular complexity index is 1210. The molecule has 0 aliphatic carbocycles. The van der Waals surface area contributed by atoms with E-state index in [-0.39, 0.29) is 15.9 Å². The van der Waals surface area contributed by atoms with Gasteiger partial charge in [-0.15, -0.1) is 0 Å². The van der Waals surface area contributed by atoms with E-state index in [2.05, 4.69) is 111 Å². The molecule has 1 atom stereocenters. The van der Waals surface area contributed by atoms with Crippen LogP contribution in [0.5, 0.6) is 0 Å². The van der Waals surface area contributed by atoms with Gasteiger partial charge in [-0.1, -0.05) is 0 Å². The molecule has 1 aliphatic heterocycles. The van der Waals surface area contributed by atoms with E-state index in [0.29, 0.717) is 5.82 Å². The fraction of sp³-hybridized carbons (Fsp3) is 0.207. The van der Waals surface area contributed by atoms with Crippen molar-refractivity contribution < 1.29 is 0 Å². The summed E-state index contributed by atoms with van der Waals surface area (Å²) in [7, 11) is 1.79. The molecule has 0 saturated heterocycles. The summed E-state index contributed by atoms with van der Waals surface area (Å²) in [5, 5.41) is 29.9. The Balaban J connectivity index is 2.17. The van der Waals surface area contributed by atoms with Crippen LogP contribution in [-0.4, -0.2) is 35.9 Å². The van der Waals surface area contributed by atoms with Crippen molar-refractivity contribution in [1.29, 1.82) is 10.5 Å². The maximum absolute atomic E-state index is 9.73. The third-order valence-electron chi connectivity index (χ3n) is 6.49. The fourth-order valence-corrected chi connectivity index (χ4v) is 16.3. The average Bonchev–Trinajstić information content (AvgIpc) is 2.88. The molecule has 0 aromatic heterocycles. The molecule has 0 saturated carbocycles. The van der Waals surface area contributed by atoms with Gasteiger partial charge in [-0.3, -0.25) is 0 Å². The Kier molecular flexibility index (Phi) is 6.82. The van der Waals surface area contributed by atoms with E-state index in [1.54, 1.807) is 12.1 Å². The zero-order valence-electron chi connectivity index (χ0n) is 20.5. The zero-order chi connectivity index (χ0) is 25.1. The Morgan fingerprint density at radius 2 is 1.20 bits per heavy atom. The van der Waals surface area contributed by atoms with Gasteiger partial charge in [0, 0.05) is 0 Å². The predicted molar refractivity (Wildman–Crippen MR) is 144 cm³/mol. The first-order chi connectivity index (χ1) is 16.8. The minimum absolute atomic E-state index is 0.0275. The average molecular weight is 520 g/mol. The number of nitrogens with one attached hydrogen (secondary N) is 1. The van der Waals surface area contributed by atoms with Gasteiger partial charge in [-0.05, 0) is 0 Å². The molecule has 3 aromatic carbocycles. The molecule has 1 aliphatic rings. The van der Waals surface area contributed by atoms with Gasteiger partial charge >= 0.3 is 211 Å². The van der Waals surface area contributed by atoms with E-state index in [4.69, 9.17) is 5.10 Å². The van der Waals surface area contributed by atoms with Crippen LogP contribution < -0.4 is 18.5 Å². The monoisotopic (exact) mass is 521 g/mol. The topological polar surface area (TPSA) is 75.2 Å². The molecule has 0 radical (unpaired) electrons. The van der Waals surface area contributed by atoms with Crippen LogP contribution in [0.1, 0.15) is 20.8 Å². The molecule has 174 valence electrons. The van der Waals surface area contributed by atoms with E-state index in [0.717, 1.165) is 5.71 Å². The first-order valence-corrected chi connectivity index (χ1v) is 16.0. The Morgan fingerprint density at radius 3 is 1.54 bits per heavy atom. The summed E-state index contributed by atoms with van der Waals surface area (Å²) in [6.07, 6.45) is 0. The van der Waals surface area contributed by atoms with Gasteiger partial charge in [0.1, 0.15) is 0 Å². The van der Waals surface area contributed by atoms with E-state index in [1.165, 1.54) is 13.2 Å². The van der Waals surface area contributed by atoms with E-state index in [1.807, 2.05) is 18.2 Å². The first kappa shape index (κ1) is 24.3. The summed E-state index contributed by atoms with van der Waals surface area (Å²) in [5.74, 6) is 0.450. The molecule has 4 rings (SSSR count). The first-order valence-electron chi connectivity index (χ1n) is 11.6. The second-order valence-corrected chi connectivity index (χ2v) is 17.9. The van der Waals surface area contributed by atoms with Gasteiger partial charge < -0.3 is 0 Å². The van der Waals surface area contributed by atoms with Gasteiger partial charge in [0.2, 0.25) is 0 Å². The number of hydrogen-bond donors (Lipinski definition) is 1. The summed E-state index contributed by atoms with van der Waals surface area (Å²) in [5.41, 5.74) is 0.779. The molecule has 35 heavy (non-hydrogen) atoms. The molecule has 1 heterocycles. The summed E-state index contributed by atoms with van der Waals surface area (Å²) < 4.78 is 3.83. The van der Waals surface area contributed by atoms with Crippen molar-refractivity contribution >= 4 is 32.2 Å². The van der Waals surface area contributed by atoms with Crippen molar-refractivity contribution in [3.63, 3.8) is 0 Å². The minimum atomic E-state index is -3.62. The summed E-state index contributed by atoms with van der Waals surface area (Å²) >= 11 is -3.62. The molecule has 0 amide bonds. The molecule has 1 unspecified atom stereocenters. The van der Waals surface area contributed by atoms with Crippen LogP contribution >= 0.6 is 0 Å². The van der Waals surface area contributed by atoms with Crippen LogP contribution in [-0.2, 0) is 0 Å². The molecule has 0 spiro atoms. The number of nitrogens with zero attached hydrogens (tertiary/aromatic N) is 4. The van der Waals surface area contributed by atoms with Crippen molar-refractivity contribution in [1.82, 2.24) is 10.3 Å². The summed E-state index contributed by atoms with van der Waals surface area (Å²) in [4.78, 5) is -0.190. The molecule has 0 fully saturated rings. The van der Waals surface area contributed by atoms with Crippen molar-refractivity contribution in [3.8, 4) is 12.1 Å². The SMILES string of the molecule is CN1N=C(C(C)(C)C)[CH]([Ge]([c]2ccccc2)([c]2ccccc2)[c]2ccccc2)NC1=C(C#N)C#N. The Morgan fingerprint density at radius 1 is 0.800 bits per heavy atom. The van der Waals surface area contributed by atoms with Crippen LogP contribution in [0.2, 0.25) is 0 Å². The molecule has 5 nitrogen and oxygen atoms in total. The van der Waals surface area contributed by atoms with E-state index in [9.17, 15) is 10.5 Å². The zero-order valence-corrected chi connectivity index (χ0v) is 22.6. The molecular formula is C29H29GeN5. The molecular weight excluding hydrogens is 491 g/mol. The Hall–Kier alpha value is -3.81. The molecule has 1 N–H and O–H groups in total. The van der Waals surface area contributed by atoms with Gasteiger partial charge in [-0.2, -0.15) is 0 Å². The normalized spacial score (nSPS) is 15.9. The van der Waals surface area contributed by atoms with Crippen LogP contribution in [0.4, 0.5) is 0 Å². The second kappa shape index (κ2) is 9.82. The third-order valence-corrected chi connectivity index (χ3v) is 17.0.